The lowest BCUT2D eigenvalue weighted by Gasteiger charge is -2.34. The molecule has 2 N–H and O–H groups in total. The first-order valence-corrected chi connectivity index (χ1v) is 6.47. The third-order valence-corrected chi connectivity index (χ3v) is 4.28. The first-order valence-electron chi connectivity index (χ1n) is 6.47. The molecular weight excluding hydrogens is 226 g/mol. The quantitative estimate of drug-likeness (QED) is 0.874. The molecule has 0 radical (unpaired) electrons. The van der Waals surface area contributed by atoms with E-state index in [1.807, 2.05) is 0 Å². The van der Waals surface area contributed by atoms with E-state index >= 15 is 0 Å². The van der Waals surface area contributed by atoms with Crippen LogP contribution in [0.25, 0.3) is 0 Å². The van der Waals surface area contributed by atoms with E-state index in [1.54, 1.807) is 0 Å². The van der Waals surface area contributed by atoms with E-state index in [1.165, 1.54) is 11.1 Å². The molecule has 92 valence electrons. The van der Waals surface area contributed by atoms with Gasteiger partial charge < -0.3 is 10.3 Å². The van der Waals surface area contributed by atoms with E-state index in [-0.39, 0.29) is 5.54 Å². The van der Waals surface area contributed by atoms with E-state index in [0.29, 0.717) is 11.8 Å². The summed E-state index contributed by atoms with van der Waals surface area (Å²) in [6.45, 7) is 0. The van der Waals surface area contributed by atoms with Crippen LogP contribution in [0.5, 0.6) is 0 Å². The fraction of sp³-hybridized carbons (Fsp3) is 0.429. The van der Waals surface area contributed by atoms with E-state index in [9.17, 15) is 0 Å². The van der Waals surface area contributed by atoms with Gasteiger partial charge in [0.1, 0.15) is 0 Å². The van der Waals surface area contributed by atoms with Crippen LogP contribution in [-0.4, -0.2) is 10.1 Å². The number of nitrogens with two attached hydrogens (primary N) is 1. The second-order valence-electron chi connectivity index (χ2n) is 5.42. The van der Waals surface area contributed by atoms with Crippen LogP contribution in [0.2, 0.25) is 0 Å². The van der Waals surface area contributed by atoms with E-state index in [2.05, 4.69) is 34.4 Å². The van der Waals surface area contributed by atoms with Crippen LogP contribution in [0.4, 0.5) is 0 Å². The van der Waals surface area contributed by atoms with E-state index in [0.717, 1.165) is 31.5 Å². The topological polar surface area (TPSA) is 64.9 Å². The van der Waals surface area contributed by atoms with E-state index in [4.69, 9.17) is 10.3 Å². The monoisotopic (exact) mass is 241 g/mol. The Bertz CT molecular complexity index is 601. The number of nitrogens with zero attached hydrogens (tertiary/aromatic N) is 2. The molecule has 1 aromatic carbocycles. The molecule has 2 aromatic rings. The lowest BCUT2D eigenvalue weighted by Crippen LogP contribution is -2.43. The summed E-state index contributed by atoms with van der Waals surface area (Å²) in [5.74, 6) is 1.70. The maximum absolute atomic E-state index is 6.20. The minimum atomic E-state index is -0.353. The molecule has 18 heavy (non-hydrogen) atoms. The molecule has 0 spiro atoms. The SMILES string of the molecule is NC1(c2nc(C3Cc4ccccc43)no2)CCC1. The molecule has 4 heteroatoms. The number of fused-ring (bicyclic) bond motifs is 1. The van der Waals surface area contributed by atoms with Crippen LogP contribution >= 0.6 is 0 Å². The smallest absolute Gasteiger partial charge is 0.246 e. The predicted molar refractivity (Wildman–Crippen MR) is 66.0 cm³/mol. The van der Waals surface area contributed by atoms with Crippen molar-refractivity contribution in [2.24, 2.45) is 5.73 Å². The van der Waals surface area contributed by atoms with Gasteiger partial charge in [-0.1, -0.05) is 29.4 Å². The van der Waals surface area contributed by atoms with Gasteiger partial charge in [-0.05, 0) is 36.8 Å². The number of hydrogen-bond donors (Lipinski definition) is 1. The Labute approximate surface area is 105 Å². The number of aromatic nitrogens is 2. The van der Waals surface area contributed by atoms with Gasteiger partial charge in [0.05, 0.1) is 11.5 Å². The molecule has 2 aliphatic rings. The molecule has 4 nitrogen and oxygen atoms in total. The van der Waals surface area contributed by atoms with E-state index < -0.39 is 0 Å². The zero-order valence-corrected chi connectivity index (χ0v) is 10.1. The third-order valence-electron chi connectivity index (χ3n) is 4.28. The molecule has 0 saturated heterocycles. The maximum Gasteiger partial charge on any atom is 0.246 e. The Morgan fingerprint density at radius 2 is 2.11 bits per heavy atom. The zero-order valence-electron chi connectivity index (χ0n) is 10.1. The summed E-state index contributed by atoms with van der Waals surface area (Å²) >= 11 is 0. The summed E-state index contributed by atoms with van der Waals surface area (Å²) in [5, 5.41) is 4.12. The van der Waals surface area contributed by atoms with Crippen molar-refractivity contribution in [2.75, 3.05) is 0 Å². The summed E-state index contributed by atoms with van der Waals surface area (Å²) in [6.07, 6.45) is 4.07. The molecule has 1 aromatic heterocycles. The average molecular weight is 241 g/mol. The fourth-order valence-electron chi connectivity index (χ4n) is 2.84. The van der Waals surface area contributed by atoms with Crippen molar-refractivity contribution < 1.29 is 4.52 Å². The molecule has 2 aliphatic carbocycles. The van der Waals surface area contributed by atoms with Crippen molar-refractivity contribution >= 4 is 0 Å². The minimum absolute atomic E-state index is 0.294. The molecule has 1 heterocycles. The molecular formula is C14H15N3O. The molecule has 1 saturated carbocycles. The molecule has 0 aliphatic heterocycles. The summed E-state index contributed by atoms with van der Waals surface area (Å²) in [5.41, 5.74) is 8.56. The second kappa shape index (κ2) is 3.42. The molecule has 0 amide bonds. The van der Waals surface area contributed by atoms with Gasteiger partial charge in [-0.25, -0.2) is 0 Å². The lowest BCUT2D eigenvalue weighted by molar-refractivity contribution is 0.181. The zero-order chi connectivity index (χ0) is 12.2. The normalized spacial score (nSPS) is 23.9. The Morgan fingerprint density at radius 3 is 2.83 bits per heavy atom. The molecule has 1 fully saturated rings. The van der Waals surface area contributed by atoms with Gasteiger partial charge in [0, 0.05) is 0 Å². The summed E-state index contributed by atoms with van der Waals surface area (Å²) in [4.78, 5) is 4.52. The maximum atomic E-state index is 6.20. The summed E-state index contributed by atoms with van der Waals surface area (Å²) < 4.78 is 5.36. The Morgan fingerprint density at radius 1 is 1.28 bits per heavy atom. The molecule has 1 unspecified atom stereocenters. The first-order chi connectivity index (χ1) is 8.76. The lowest BCUT2D eigenvalue weighted by atomic mass is 9.76. The van der Waals surface area contributed by atoms with Crippen molar-refractivity contribution in [2.45, 2.75) is 37.1 Å². The van der Waals surface area contributed by atoms with Crippen LogP contribution in [-0.2, 0) is 12.0 Å². The Hall–Kier alpha value is -1.68. The highest BCUT2D eigenvalue weighted by Gasteiger charge is 2.41. The molecule has 1 atom stereocenters. The van der Waals surface area contributed by atoms with Gasteiger partial charge in [0.25, 0.3) is 0 Å². The van der Waals surface area contributed by atoms with Crippen LogP contribution < -0.4 is 5.73 Å². The molecule has 4 rings (SSSR count). The van der Waals surface area contributed by atoms with Crippen molar-refractivity contribution in [3.63, 3.8) is 0 Å². The van der Waals surface area contributed by atoms with Gasteiger partial charge in [-0.3, -0.25) is 0 Å². The van der Waals surface area contributed by atoms with Crippen molar-refractivity contribution in [3.05, 3.63) is 47.1 Å². The highest BCUT2D eigenvalue weighted by Crippen LogP contribution is 2.41. The summed E-state index contributed by atoms with van der Waals surface area (Å²) in [6, 6.07) is 8.42. The predicted octanol–water partition coefficient (Wildman–Crippen LogP) is 2.10. The first kappa shape index (κ1) is 10.3. The second-order valence-corrected chi connectivity index (χ2v) is 5.42. The van der Waals surface area contributed by atoms with Gasteiger partial charge in [0.15, 0.2) is 5.82 Å². The van der Waals surface area contributed by atoms with Crippen LogP contribution in [0.1, 0.15) is 48.0 Å². The highest BCUT2D eigenvalue weighted by molar-refractivity contribution is 5.43. The van der Waals surface area contributed by atoms with Gasteiger partial charge >= 0.3 is 0 Å². The average Bonchev–Trinajstić information content (AvgIpc) is 2.77. The van der Waals surface area contributed by atoms with Gasteiger partial charge in [-0.15, -0.1) is 0 Å². The van der Waals surface area contributed by atoms with Crippen molar-refractivity contribution in [1.29, 1.82) is 0 Å². The minimum Gasteiger partial charge on any atom is -0.337 e. The summed E-state index contributed by atoms with van der Waals surface area (Å²) in [7, 11) is 0. The standard InChI is InChI=1S/C14H15N3O/c15-14(6-3-7-14)13-16-12(17-18-13)11-8-9-4-1-2-5-10(9)11/h1-2,4-5,11H,3,6-8,15H2. The third kappa shape index (κ3) is 1.29. The fourth-order valence-corrected chi connectivity index (χ4v) is 2.84. The largest absolute Gasteiger partial charge is 0.337 e. The highest BCUT2D eigenvalue weighted by atomic mass is 16.5. The van der Waals surface area contributed by atoms with Crippen LogP contribution in [0, 0.1) is 0 Å². The van der Waals surface area contributed by atoms with Gasteiger partial charge in [-0.2, -0.15) is 4.98 Å². The van der Waals surface area contributed by atoms with Crippen molar-refractivity contribution in [1.82, 2.24) is 10.1 Å². The van der Waals surface area contributed by atoms with Gasteiger partial charge in [0.2, 0.25) is 5.89 Å². The Balaban J connectivity index is 1.64. The van der Waals surface area contributed by atoms with Crippen LogP contribution in [0.15, 0.2) is 28.8 Å². The number of hydrogen-bond acceptors (Lipinski definition) is 4. The molecule has 0 bridgehead atoms. The van der Waals surface area contributed by atoms with Crippen LogP contribution in [0.3, 0.4) is 0 Å². The number of benzene rings is 1. The number of rotatable bonds is 2. The van der Waals surface area contributed by atoms with Crippen molar-refractivity contribution in [3.8, 4) is 0 Å². The Kier molecular flexibility index (Phi) is 1.95.